The highest BCUT2D eigenvalue weighted by Gasteiger charge is 2.42. The molecule has 4 aliphatic rings. The van der Waals surface area contributed by atoms with Gasteiger partial charge in [0.05, 0.1) is 35.6 Å². The van der Waals surface area contributed by atoms with Crippen molar-refractivity contribution in [1.82, 2.24) is 9.80 Å². The topological polar surface area (TPSA) is 112 Å². The molecule has 2 saturated heterocycles. The van der Waals surface area contributed by atoms with E-state index in [-0.39, 0.29) is 47.0 Å². The highest BCUT2D eigenvalue weighted by Crippen LogP contribution is 2.38. The summed E-state index contributed by atoms with van der Waals surface area (Å²) in [7, 11) is 0. The molecule has 10 nitrogen and oxygen atoms in total. The quantitative estimate of drug-likeness (QED) is 0.384. The van der Waals surface area contributed by atoms with Crippen LogP contribution in [0.15, 0.2) is 65.8 Å². The Kier molecular flexibility index (Phi) is 8.69. The minimum Gasteiger partial charge on any atom is -0.478 e. The highest BCUT2D eigenvalue weighted by molar-refractivity contribution is 6.31. The molecule has 244 valence electrons. The fraction of sp³-hybridized carbons (Fsp3) is 0.371. The number of carbonyl (C=O) groups excluding carboxylic acids is 2. The summed E-state index contributed by atoms with van der Waals surface area (Å²) < 4.78 is 20.2. The van der Waals surface area contributed by atoms with Crippen molar-refractivity contribution in [1.29, 1.82) is 0 Å². The normalized spacial score (nSPS) is 21.4. The van der Waals surface area contributed by atoms with Gasteiger partial charge in [0.2, 0.25) is 6.10 Å². The molecule has 0 bridgehead atoms. The number of halogens is 2. The molecule has 0 radical (unpaired) electrons. The Morgan fingerprint density at radius 2 is 1.70 bits per heavy atom. The SMILES string of the molecule is O=C(O)c1ccc(CC(=O)[C@H]2c3cccc(N4CCN(C5COC5)CC4)c3CCN2C(=O)[C@H]2CC(c3cccc(Cl)c3F)=NO2)cc1. The molecule has 3 aromatic rings. The number of ketones is 1. The van der Waals surface area contributed by atoms with Crippen LogP contribution in [0.5, 0.6) is 0 Å². The van der Waals surface area contributed by atoms with Crippen molar-refractivity contribution in [2.24, 2.45) is 5.16 Å². The second kappa shape index (κ2) is 13.1. The van der Waals surface area contributed by atoms with Gasteiger partial charge >= 0.3 is 5.97 Å². The molecule has 2 atom stereocenters. The number of amides is 1. The van der Waals surface area contributed by atoms with E-state index in [9.17, 15) is 23.9 Å². The minimum absolute atomic E-state index is 0.00114. The lowest BCUT2D eigenvalue weighted by atomic mass is 9.86. The summed E-state index contributed by atoms with van der Waals surface area (Å²) in [5.74, 6) is -2.29. The number of carboxylic acid groups (broad SMARTS) is 1. The maximum absolute atomic E-state index is 14.8. The third-order valence-corrected chi connectivity index (χ3v) is 9.85. The molecule has 3 aromatic carbocycles. The fourth-order valence-corrected chi connectivity index (χ4v) is 7.11. The Balaban J connectivity index is 1.16. The molecular formula is C35H34ClFN4O6. The van der Waals surface area contributed by atoms with Gasteiger partial charge in [-0.15, -0.1) is 0 Å². The molecule has 4 heterocycles. The van der Waals surface area contributed by atoms with Crippen LogP contribution in [0.1, 0.15) is 45.1 Å². The van der Waals surface area contributed by atoms with Crippen LogP contribution in [0, 0.1) is 5.82 Å². The number of nitrogens with zero attached hydrogens (tertiary/aromatic N) is 4. The first-order valence-electron chi connectivity index (χ1n) is 15.8. The van der Waals surface area contributed by atoms with E-state index in [0.29, 0.717) is 18.0 Å². The van der Waals surface area contributed by atoms with E-state index in [2.05, 4.69) is 21.0 Å². The van der Waals surface area contributed by atoms with Crippen molar-refractivity contribution in [3.05, 3.63) is 99.3 Å². The van der Waals surface area contributed by atoms with Crippen molar-refractivity contribution in [3.8, 4) is 0 Å². The number of aromatic carboxylic acids is 1. The summed E-state index contributed by atoms with van der Waals surface area (Å²) in [6.07, 6.45) is -0.440. The van der Waals surface area contributed by atoms with Crippen LogP contribution in [-0.2, 0) is 32.0 Å². The molecule has 7 rings (SSSR count). The van der Waals surface area contributed by atoms with Crippen molar-refractivity contribution in [3.63, 3.8) is 0 Å². The first kappa shape index (κ1) is 31.3. The van der Waals surface area contributed by atoms with Crippen LogP contribution in [0.25, 0.3) is 0 Å². The lowest BCUT2D eigenvalue weighted by Gasteiger charge is -2.44. The summed E-state index contributed by atoms with van der Waals surface area (Å²) in [5, 5.41) is 13.3. The number of Topliss-reactive ketones (excluding diaryl/α,β-unsaturated/α-hetero) is 1. The Morgan fingerprint density at radius 1 is 0.957 bits per heavy atom. The van der Waals surface area contributed by atoms with Crippen molar-refractivity contribution >= 4 is 40.7 Å². The number of oxime groups is 1. The molecule has 0 unspecified atom stereocenters. The zero-order chi connectivity index (χ0) is 32.7. The van der Waals surface area contributed by atoms with Gasteiger partial charge in [-0.1, -0.05) is 47.1 Å². The summed E-state index contributed by atoms with van der Waals surface area (Å²) in [4.78, 5) is 51.6. The fourth-order valence-electron chi connectivity index (χ4n) is 6.94. The summed E-state index contributed by atoms with van der Waals surface area (Å²) in [6, 6.07) is 16.3. The Labute approximate surface area is 276 Å². The largest absolute Gasteiger partial charge is 0.478 e. The smallest absolute Gasteiger partial charge is 0.335 e. The predicted molar refractivity (Wildman–Crippen MR) is 173 cm³/mol. The predicted octanol–water partition coefficient (Wildman–Crippen LogP) is 4.13. The standard InChI is InChI=1S/C35H34ClFN4O6/c36-27-5-1-4-26(32(27)37)28-18-31(47-38-28)34(43)41-12-11-24-25(33(41)30(42)17-21-7-9-22(10-8-21)35(44)45)3-2-6-29(24)40-15-13-39(14-16-40)23-19-46-20-23/h1-10,23,31,33H,11-20H2,(H,44,45)/t31-,33-/m1/s1. The van der Waals surface area contributed by atoms with E-state index in [1.807, 2.05) is 12.1 Å². The zero-order valence-electron chi connectivity index (χ0n) is 25.6. The second-order valence-corrected chi connectivity index (χ2v) is 12.7. The maximum atomic E-state index is 14.8. The lowest BCUT2D eigenvalue weighted by molar-refractivity contribution is -0.149. The monoisotopic (exact) mass is 660 g/mol. The Hall–Kier alpha value is -4.32. The lowest BCUT2D eigenvalue weighted by Crippen LogP contribution is -2.57. The number of benzene rings is 3. The van der Waals surface area contributed by atoms with E-state index in [1.54, 1.807) is 23.1 Å². The van der Waals surface area contributed by atoms with E-state index < -0.39 is 29.8 Å². The van der Waals surface area contributed by atoms with Crippen LogP contribution in [0.2, 0.25) is 5.02 Å². The minimum atomic E-state index is -1.05. The van der Waals surface area contributed by atoms with Crippen LogP contribution in [0.3, 0.4) is 0 Å². The number of fused-ring (bicyclic) bond motifs is 1. The van der Waals surface area contributed by atoms with Crippen molar-refractivity contribution in [2.75, 3.05) is 50.8 Å². The van der Waals surface area contributed by atoms with Crippen molar-refractivity contribution in [2.45, 2.75) is 37.5 Å². The van der Waals surface area contributed by atoms with Crippen LogP contribution in [0.4, 0.5) is 10.1 Å². The second-order valence-electron chi connectivity index (χ2n) is 12.3. The first-order chi connectivity index (χ1) is 22.8. The average Bonchev–Trinajstić information content (AvgIpc) is 3.55. The molecule has 0 aliphatic carbocycles. The van der Waals surface area contributed by atoms with Gasteiger partial charge in [-0.25, -0.2) is 9.18 Å². The van der Waals surface area contributed by atoms with Gasteiger partial charge in [0.1, 0.15) is 6.04 Å². The summed E-state index contributed by atoms with van der Waals surface area (Å²) in [6.45, 7) is 5.38. The van der Waals surface area contributed by atoms with Gasteiger partial charge in [-0.05, 0) is 53.4 Å². The van der Waals surface area contributed by atoms with Gasteiger partial charge in [-0.3, -0.25) is 14.5 Å². The van der Waals surface area contributed by atoms with Gasteiger partial charge in [0.25, 0.3) is 5.91 Å². The number of anilines is 1. The number of carbonyl (C=O) groups is 3. The molecule has 0 aromatic heterocycles. The van der Waals surface area contributed by atoms with Crippen LogP contribution in [-0.4, -0.2) is 96.4 Å². The molecule has 0 saturated carbocycles. The number of rotatable bonds is 8. The Morgan fingerprint density at radius 3 is 2.40 bits per heavy atom. The maximum Gasteiger partial charge on any atom is 0.335 e. The molecule has 1 N–H and O–H groups in total. The van der Waals surface area contributed by atoms with E-state index in [0.717, 1.165) is 56.2 Å². The molecule has 1 amide bonds. The third-order valence-electron chi connectivity index (χ3n) is 9.56. The van der Waals surface area contributed by atoms with E-state index in [1.165, 1.54) is 24.3 Å². The first-order valence-corrected chi connectivity index (χ1v) is 16.2. The molecule has 0 spiro atoms. The number of ether oxygens (including phenoxy) is 1. The number of piperazine rings is 1. The highest BCUT2D eigenvalue weighted by atomic mass is 35.5. The molecular weight excluding hydrogens is 627 g/mol. The van der Waals surface area contributed by atoms with Crippen molar-refractivity contribution < 1.29 is 33.5 Å². The van der Waals surface area contributed by atoms with Crippen LogP contribution >= 0.6 is 11.6 Å². The third kappa shape index (κ3) is 6.10. The molecule has 4 aliphatic heterocycles. The van der Waals surface area contributed by atoms with Crippen LogP contribution < -0.4 is 4.90 Å². The van der Waals surface area contributed by atoms with E-state index in [4.69, 9.17) is 21.2 Å². The number of carboxylic acids is 1. The Bertz CT molecular complexity index is 1740. The van der Waals surface area contributed by atoms with Gasteiger partial charge < -0.3 is 24.5 Å². The van der Waals surface area contributed by atoms with Gasteiger partial charge in [0.15, 0.2) is 11.6 Å². The molecule has 2 fully saturated rings. The van der Waals surface area contributed by atoms with E-state index >= 15 is 0 Å². The van der Waals surface area contributed by atoms with Gasteiger partial charge in [-0.2, -0.15) is 0 Å². The number of hydrogen-bond acceptors (Lipinski definition) is 8. The summed E-state index contributed by atoms with van der Waals surface area (Å²) in [5.41, 5.74) is 4.10. The zero-order valence-corrected chi connectivity index (χ0v) is 26.4. The number of hydrogen-bond donors (Lipinski definition) is 1. The summed E-state index contributed by atoms with van der Waals surface area (Å²) >= 11 is 5.98. The molecule has 47 heavy (non-hydrogen) atoms. The van der Waals surface area contributed by atoms with Gasteiger partial charge in [0, 0.05) is 56.8 Å². The molecule has 12 heteroatoms. The average molecular weight is 661 g/mol.